The number of hydrogen-bond donors (Lipinski definition) is 2. The Morgan fingerprint density at radius 3 is 2.90 bits per heavy atom. The van der Waals surface area contributed by atoms with Gasteiger partial charge in [0.2, 0.25) is 10.0 Å². The first-order chi connectivity index (χ1) is 9.97. The molecule has 1 fully saturated rings. The Hall–Kier alpha value is 0.01000. The highest BCUT2D eigenvalue weighted by Gasteiger charge is 2.32. The van der Waals surface area contributed by atoms with E-state index in [-0.39, 0.29) is 12.1 Å². The number of thiophene rings is 1. The summed E-state index contributed by atoms with van der Waals surface area (Å²) in [6.07, 6.45) is 2.69. The Morgan fingerprint density at radius 2 is 2.24 bits per heavy atom. The molecule has 0 aromatic carbocycles. The van der Waals surface area contributed by atoms with Gasteiger partial charge in [-0.25, -0.2) is 13.1 Å². The molecule has 1 aliphatic carbocycles. The third-order valence-electron chi connectivity index (χ3n) is 3.61. The van der Waals surface area contributed by atoms with Crippen molar-refractivity contribution in [3.8, 4) is 0 Å². The van der Waals surface area contributed by atoms with Crippen LogP contribution in [-0.2, 0) is 21.3 Å². The third kappa shape index (κ3) is 4.27. The van der Waals surface area contributed by atoms with Gasteiger partial charge in [-0.1, -0.05) is 6.92 Å². The van der Waals surface area contributed by atoms with Gasteiger partial charge in [0.25, 0.3) is 0 Å². The molecule has 0 saturated heterocycles. The molecule has 8 heteroatoms. The molecule has 1 heterocycles. The quantitative estimate of drug-likeness (QED) is 0.742. The molecule has 0 bridgehead atoms. The molecule has 1 aromatic heterocycles. The summed E-state index contributed by atoms with van der Waals surface area (Å²) in [6, 6.07) is 1.60. The lowest BCUT2D eigenvalue weighted by Gasteiger charge is -2.19. The topological polar surface area (TPSA) is 67.4 Å². The lowest BCUT2D eigenvalue weighted by atomic mass is 10.2. The van der Waals surface area contributed by atoms with Crippen LogP contribution in [0.2, 0.25) is 0 Å². The van der Waals surface area contributed by atoms with Gasteiger partial charge in [-0.2, -0.15) is 0 Å². The van der Waals surface area contributed by atoms with Crippen LogP contribution >= 0.6 is 27.3 Å². The lowest BCUT2D eigenvalue weighted by Crippen LogP contribution is -2.40. The van der Waals surface area contributed by atoms with Crippen LogP contribution in [-0.4, -0.2) is 34.2 Å². The molecular formula is C13H21BrN2O3S2. The van der Waals surface area contributed by atoms with Crippen molar-refractivity contribution >= 4 is 37.3 Å². The van der Waals surface area contributed by atoms with E-state index in [1.807, 2.05) is 6.92 Å². The molecular weight excluding hydrogens is 376 g/mol. The van der Waals surface area contributed by atoms with Crippen molar-refractivity contribution in [3.63, 3.8) is 0 Å². The van der Waals surface area contributed by atoms with E-state index in [0.29, 0.717) is 15.2 Å². The van der Waals surface area contributed by atoms with Crippen LogP contribution in [0.5, 0.6) is 0 Å². The highest BCUT2D eigenvalue weighted by Crippen LogP contribution is 2.32. The number of hydrogen-bond acceptors (Lipinski definition) is 5. The van der Waals surface area contributed by atoms with Crippen molar-refractivity contribution < 1.29 is 13.2 Å². The van der Waals surface area contributed by atoms with Crippen LogP contribution in [0, 0.1) is 0 Å². The summed E-state index contributed by atoms with van der Waals surface area (Å²) < 4.78 is 33.9. The van der Waals surface area contributed by atoms with Crippen molar-refractivity contribution in [2.75, 3.05) is 13.7 Å². The van der Waals surface area contributed by atoms with E-state index in [1.165, 1.54) is 11.3 Å². The Labute approximate surface area is 138 Å². The number of ether oxygens (including phenoxy) is 1. The van der Waals surface area contributed by atoms with Crippen LogP contribution in [0.4, 0.5) is 0 Å². The number of nitrogens with one attached hydrogen (secondary N) is 2. The van der Waals surface area contributed by atoms with Crippen LogP contribution < -0.4 is 10.0 Å². The average molecular weight is 397 g/mol. The molecule has 0 aliphatic heterocycles. The first-order valence-electron chi connectivity index (χ1n) is 7.02. The summed E-state index contributed by atoms with van der Waals surface area (Å²) >= 11 is 4.82. The van der Waals surface area contributed by atoms with Gasteiger partial charge < -0.3 is 10.1 Å². The van der Waals surface area contributed by atoms with Gasteiger partial charge in [0.1, 0.15) is 4.90 Å². The molecule has 2 rings (SSSR count). The predicted molar refractivity (Wildman–Crippen MR) is 88.2 cm³/mol. The Bertz CT molecular complexity index is 574. The van der Waals surface area contributed by atoms with Gasteiger partial charge in [-0.3, -0.25) is 0 Å². The largest absolute Gasteiger partial charge is 0.380 e. The second kappa shape index (κ2) is 7.52. The standard InChI is InChI=1S/C13H21BrN2O3S2/c1-3-15-8-9-7-12(13(14)20-9)21(17,18)16-10-5-4-6-11(10)19-2/h7,10-11,15-16H,3-6,8H2,1-2H3. The van der Waals surface area contributed by atoms with Crippen molar-refractivity contribution in [1.82, 2.24) is 10.0 Å². The number of sulfonamides is 1. The van der Waals surface area contributed by atoms with Gasteiger partial charge in [0.15, 0.2) is 0 Å². The van der Waals surface area contributed by atoms with Crippen molar-refractivity contribution in [1.29, 1.82) is 0 Å². The Morgan fingerprint density at radius 1 is 1.48 bits per heavy atom. The summed E-state index contributed by atoms with van der Waals surface area (Å²) in [4.78, 5) is 1.32. The zero-order chi connectivity index (χ0) is 15.5. The predicted octanol–water partition coefficient (Wildman–Crippen LogP) is 2.47. The number of halogens is 1. The fraction of sp³-hybridized carbons (Fsp3) is 0.692. The average Bonchev–Trinajstić information content (AvgIpc) is 3.02. The molecule has 2 atom stereocenters. The minimum absolute atomic E-state index is 0.0292. The van der Waals surface area contributed by atoms with Gasteiger partial charge in [0.05, 0.1) is 9.89 Å². The smallest absolute Gasteiger partial charge is 0.242 e. The highest BCUT2D eigenvalue weighted by molar-refractivity contribution is 9.11. The third-order valence-corrected chi connectivity index (χ3v) is 7.35. The fourth-order valence-electron chi connectivity index (χ4n) is 2.52. The van der Waals surface area contributed by atoms with Gasteiger partial charge in [-0.15, -0.1) is 11.3 Å². The monoisotopic (exact) mass is 396 g/mol. The summed E-state index contributed by atoms with van der Waals surface area (Å²) in [6.45, 7) is 3.56. The first kappa shape index (κ1) is 17.4. The SMILES string of the molecule is CCNCc1cc(S(=O)(=O)NC2CCCC2OC)c(Br)s1. The van der Waals surface area contributed by atoms with Crippen molar-refractivity contribution in [3.05, 3.63) is 14.7 Å². The number of rotatable bonds is 7. The van der Waals surface area contributed by atoms with E-state index < -0.39 is 10.0 Å². The van der Waals surface area contributed by atoms with E-state index in [2.05, 4.69) is 26.0 Å². The molecule has 1 aromatic rings. The van der Waals surface area contributed by atoms with Gasteiger partial charge in [0, 0.05) is 24.6 Å². The maximum absolute atomic E-state index is 12.5. The maximum atomic E-state index is 12.5. The molecule has 1 saturated carbocycles. The van der Waals surface area contributed by atoms with E-state index in [0.717, 1.165) is 30.7 Å². The summed E-state index contributed by atoms with van der Waals surface area (Å²) in [5.74, 6) is 0. The Kier molecular flexibility index (Phi) is 6.22. The number of methoxy groups -OCH3 is 1. The zero-order valence-corrected chi connectivity index (χ0v) is 15.4. The molecule has 1 aliphatic rings. The van der Waals surface area contributed by atoms with E-state index >= 15 is 0 Å². The normalized spacial score (nSPS) is 22.8. The molecule has 5 nitrogen and oxygen atoms in total. The summed E-state index contributed by atoms with van der Waals surface area (Å²) in [5, 5.41) is 3.20. The van der Waals surface area contributed by atoms with Crippen LogP contribution in [0.1, 0.15) is 31.1 Å². The molecule has 2 N–H and O–H groups in total. The zero-order valence-electron chi connectivity index (χ0n) is 12.2. The fourth-order valence-corrected chi connectivity index (χ4v) is 6.47. The summed E-state index contributed by atoms with van der Waals surface area (Å²) in [7, 11) is -1.88. The Balaban J connectivity index is 2.13. The van der Waals surface area contributed by atoms with Crippen LogP contribution in [0.15, 0.2) is 14.7 Å². The maximum Gasteiger partial charge on any atom is 0.242 e. The highest BCUT2D eigenvalue weighted by atomic mass is 79.9. The van der Waals surface area contributed by atoms with Gasteiger partial charge >= 0.3 is 0 Å². The second-order valence-corrected chi connectivity index (χ2v) is 9.20. The molecule has 0 radical (unpaired) electrons. The molecule has 0 amide bonds. The van der Waals surface area contributed by atoms with E-state index in [4.69, 9.17) is 4.74 Å². The van der Waals surface area contributed by atoms with E-state index in [1.54, 1.807) is 13.2 Å². The van der Waals surface area contributed by atoms with E-state index in [9.17, 15) is 8.42 Å². The van der Waals surface area contributed by atoms with Crippen LogP contribution in [0.25, 0.3) is 0 Å². The van der Waals surface area contributed by atoms with Crippen LogP contribution in [0.3, 0.4) is 0 Å². The molecule has 2 unspecified atom stereocenters. The minimum Gasteiger partial charge on any atom is -0.380 e. The molecule has 21 heavy (non-hydrogen) atoms. The second-order valence-electron chi connectivity index (χ2n) is 5.06. The van der Waals surface area contributed by atoms with Gasteiger partial charge in [-0.05, 0) is 47.8 Å². The first-order valence-corrected chi connectivity index (χ1v) is 10.1. The summed E-state index contributed by atoms with van der Waals surface area (Å²) in [5.41, 5.74) is 0. The molecule has 0 spiro atoms. The van der Waals surface area contributed by atoms with Crippen molar-refractivity contribution in [2.45, 2.75) is 49.8 Å². The van der Waals surface area contributed by atoms with Crippen molar-refractivity contribution in [2.24, 2.45) is 0 Å². The minimum atomic E-state index is -3.52. The molecule has 120 valence electrons. The lowest BCUT2D eigenvalue weighted by molar-refractivity contribution is 0.0916.